The molecule has 0 bridgehead atoms. The van der Waals surface area contributed by atoms with E-state index in [1.165, 1.54) is 5.56 Å². The lowest BCUT2D eigenvalue weighted by Gasteiger charge is -2.22. The minimum Gasteiger partial charge on any atom is -0.399 e. The molecule has 19 heavy (non-hydrogen) atoms. The molecule has 0 aliphatic carbocycles. The average Bonchev–Trinajstić information content (AvgIpc) is 2.41. The van der Waals surface area contributed by atoms with Gasteiger partial charge in [0.15, 0.2) is 0 Å². The Labute approximate surface area is 119 Å². The molecule has 2 nitrogen and oxygen atoms in total. The van der Waals surface area contributed by atoms with Crippen molar-refractivity contribution in [2.45, 2.75) is 6.54 Å². The molecule has 2 aromatic rings. The minimum absolute atomic E-state index is 0.753. The first kappa shape index (κ1) is 13.5. The SMILES string of the molecule is C=C(c1ccc(N)cc1)N(C)Cc1ccc(Cl)cc1. The Morgan fingerprint density at radius 2 is 1.68 bits per heavy atom. The molecular weight excluding hydrogens is 256 g/mol. The fourth-order valence-electron chi connectivity index (χ4n) is 1.85. The predicted molar refractivity (Wildman–Crippen MR) is 82.8 cm³/mol. The van der Waals surface area contributed by atoms with Crippen molar-refractivity contribution >= 4 is 23.0 Å². The Morgan fingerprint density at radius 1 is 1.11 bits per heavy atom. The van der Waals surface area contributed by atoms with Crippen molar-refractivity contribution in [2.24, 2.45) is 0 Å². The molecule has 3 heteroatoms. The van der Waals surface area contributed by atoms with Gasteiger partial charge in [-0.3, -0.25) is 0 Å². The van der Waals surface area contributed by atoms with E-state index in [4.69, 9.17) is 17.3 Å². The van der Waals surface area contributed by atoms with Crippen LogP contribution in [0.4, 0.5) is 5.69 Å². The van der Waals surface area contributed by atoms with Gasteiger partial charge in [0.1, 0.15) is 0 Å². The summed E-state index contributed by atoms with van der Waals surface area (Å²) in [5, 5.41) is 0.753. The Balaban J connectivity index is 2.07. The molecule has 2 aromatic carbocycles. The molecule has 2 rings (SSSR count). The zero-order valence-corrected chi connectivity index (χ0v) is 11.7. The molecule has 0 spiro atoms. The molecule has 0 atom stereocenters. The van der Waals surface area contributed by atoms with E-state index in [0.717, 1.165) is 28.5 Å². The van der Waals surface area contributed by atoms with Crippen LogP contribution in [-0.4, -0.2) is 11.9 Å². The van der Waals surface area contributed by atoms with Crippen molar-refractivity contribution in [1.82, 2.24) is 4.90 Å². The highest BCUT2D eigenvalue weighted by Crippen LogP contribution is 2.20. The first-order valence-electron chi connectivity index (χ1n) is 6.06. The van der Waals surface area contributed by atoms with Crippen LogP contribution in [0, 0.1) is 0 Å². The van der Waals surface area contributed by atoms with Gasteiger partial charge in [-0.05, 0) is 35.4 Å². The van der Waals surface area contributed by atoms with Gasteiger partial charge in [-0.1, -0.05) is 42.4 Å². The summed E-state index contributed by atoms with van der Waals surface area (Å²) in [6.45, 7) is 4.92. The Morgan fingerprint density at radius 3 is 2.26 bits per heavy atom. The fourth-order valence-corrected chi connectivity index (χ4v) is 1.98. The van der Waals surface area contributed by atoms with E-state index in [2.05, 4.69) is 11.5 Å². The molecule has 0 heterocycles. The van der Waals surface area contributed by atoms with Crippen LogP contribution in [0.15, 0.2) is 55.1 Å². The van der Waals surface area contributed by atoms with Gasteiger partial charge < -0.3 is 10.6 Å². The van der Waals surface area contributed by atoms with Crippen molar-refractivity contribution in [2.75, 3.05) is 12.8 Å². The zero-order chi connectivity index (χ0) is 13.8. The first-order chi connectivity index (χ1) is 9.06. The number of anilines is 1. The second kappa shape index (κ2) is 5.81. The second-order valence-corrected chi connectivity index (χ2v) is 4.99. The lowest BCUT2D eigenvalue weighted by Crippen LogP contribution is -2.15. The number of halogens is 1. The number of nitrogens with zero attached hydrogens (tertiary/aromatic N) is 1. The largest absolute Gasteiger partial charge is 0.399 e. The number of rotatable bonds is 4. The van der Waals surface area contributed by atoms with Gasteiger partial charge in [0, 0.05) is 30.0 Å². The van der Waals surface area contributed by atoms with Gasteiger partial charge >= 0.3 is 0 Å². The normalized spacial score (nSPS) is 10.2. The topological polar surface area (TPSA) is 29.3 Å². The molecule has 98 valence electrons. The van der Waals surface area contributed by atoms with Crippen molar-refractivity contribution < 1.29 is 0 Å². The van der Waals surface area contributed by atoms with Gasteiger partial charge in [0.05, 0.1) is 0 Å². The van der Waals surface area contributed by atoms with Gasteiger partial charge in [0.25, 0.3) is 0 Å². The van der Waals surface area contributed by atoms with Crippen molar-refractivity contribution in [1.29, 1.82) is 0 Å². The van der Waals surface area contributed by atoms with Gasteiger partial charge in [-0.25, -0.2) is 0 Å². The third-order valence-electron chi connectivity index (χ3n) is 3.04. The van der Waals surface area contributed by atoms with Crippen LogP contribution in [0.25, 0.3) is 5.70 Å². The summed E-state index contributed by atoms with van der Waals surface area (Å²) >= 11 is 5.88. The van der Waals surface area contributed by atoms with Crippen LogP contribution in [0.1, 0.15) is 11.1 Å². The Bertz CT molecular complexity index is 558. The number of hydrogen-bond acceptors (Lipinski definition) is 2. The van der Waals surface area contributed by atoms with E-state index in [0.29, 0.717) is 0 Å². The van der Waals surface area contributed by atoms with Crippen molar-refractivity contribution in [3.63, 3.8) is 0 Å². The highest BCUT2D eigenvalue weighted by atomic mass is 35.5. The molecule has 0 saturated carbocycles. The molecule has 0 amide bonds. The lowest BCUT2D eigenvalue weighted by molar-refractivity contribution is 0.476. The fraction of sp³-hybridized carbons (Fsp3) is 0.125. The van der Waals surface area contributed by atoms with Crippen LogP contribution in [-0.2, 0) is 6.54 Å². The molecule has 0 saturated heterocycles. The van der Waals surface area contributed by atoms with E-state index >= 15 is 0 Å². The third kappa shape index (κ3) is 3.52. The molecule has 0 aromatic heterocycles. The van der Waals surface area contributed by atoms with Crippen LogP contribution >= 0.6 is 11.6 Å². The predicted octanol–water partition coefficient (Wildman–Crippen LogP) is 4.02. The molecule has 0 fully saturated rings. The van der Waals surface area contributed by atoms with E-state index in [9.17, 15) is 0 Å². The van der Waals surface area contributed by atoms with Crippen LogP contribution in [0.5, 0.6) is 0 Å². The average molecular weight is 273 g/mol. The van der Waals surface area contributed by atoms with Gasteiger partial charge in [0.2, 0.25) is 0 Å². The molecule has 0 aliphatic heterocycles. The monoisotopic (exact) mass is 272 g/mol. The molecule has 0 aliphatic rings. The maximum Gasteiger partial charge on any atom is 0.0426 e. The lowest BCUT2D eigenvalue weighted by atomic mass is 10.1. The van der Waals surface area contributed by atoms with Crippen LogP contribution in [0.2, 0.25) is 5.02 Å². The minimum atomic E-state index is 0.753. The molecule has 0 radical (unpaired) electrons. The summed E-state index contributed by atoms with van der Waals surface area (Å²) in [6.07, 6.45) is 0. The van der Waals surface area contributed by atoms with Crippen molar-refractivity contribution in [3.05, 3.63) is 71.3 Å². The van der Waals surface area contributed by atoms with E-state index in [1.807, 2.05) is 55.6 Å². The number of nitrogen functional groups attached to an aromatic ring is 1. The van der Waals surface area contributed by atoms with Gasteiger partial charge in [-0.2, -0.15) is 0 Å². The van der Waals surface area contributed by atoms with Crippen molar-refractivity contribution in [3.8, 4) is 0 Å². The Hall–Kier alpha value is -1.93. The maximum absolute atomic E-state index is 5.88. The summed E-state index contributed by atoms with van der Waals surface area (Å²) in [5.74, 6) is 0. The number of hydrogen-bond donors (Lipinski definition) is 1. The molecular formula is C16H17ClN2. The van der Waals surface area contributed by atoms with E-state index in [1.54, 1.807) is 0 Å². The van der Waals surface area contributed by atoms with Gasteiger partial charge in [-0.15, -0.1) is 0 Å². The summed E-state index contributed by atoms with van der Waals surface area (Å²) in [6, 6.07) is 15.6. The summed E-state index contributed by atoms with van der Waals surface area (Å²) in [7, 11) is 2.02. The van der Waals surface area contributed by atoms with Crippen LogP contribution < -0.4 is 5.73 Å². The number of nitrogens with two attached hydrogens (primary N) is 1. The first-order valence-corrected chi connectivity index (χ1v) is 6.44. The Kier molecular flexibility index (Phi) is 4.13. The third-order valence-corrected chi connectivity index (χ3v) is 3.29. The highest BCUT2D eigenvalue weighted by Gasteiger charge is 2.05. The summed E-state index contributed by atoms with van der Waals surface area (Å²) in [4.78, 5) is 2.11. The second-order valence-electron chi connectivity index (χ2n) is 4.55. The zero-order valence-electron chi connectivity index (χ0n) is 10.9. The smallest absolute Gasteiger partial charge is 0.0426 e. The van der Waals surface area contributed by atoms with E-state index in [-0.39, 0.29) is 0 Å². The standard InChI is InChI=1S/C16H17ClN2/c1-12(14-5-9-16(18)10-6-14)19(2)11-13-3-7-15(17)8-4-13/h3-10H,1,11,18H2,2H3. The molecule has 0 unspecified atom stereocenters. The quantitative estimate of drug-likeness (QED) is 0.852. The summed E-state index contributed by atoms with van der Waals surface area (Å²) in [5.41, 5.74) is 9.69. The maximum atomic E-state index is 5.88. The summed E-state index contributed by atoms with van der Waals surface area (Å²) < 4.78 is 0. The number of benzene rings is 2. The van der Waals surface area contributed by atoms with Crippen LogP contribution in [0.3, 0.4) is 0 Å². The van der Waals surface area contributed by atoms with E-state index < -0.39 is 0 Å². The molecule has 2 N–H and O–H groups in total. The highest BCUT2D eigenvalue weighted by molar-refractivity contribution is 6.30.